The molecule has 1 aliphatic heterocycles. The van der Waals surface area contributed by atoms with Crippen LogP contribution in [0, 0.1) is 11.7 Å². The molecule has 8 heteroatoms. The van der Waals surface area contributed by atoms with E-state index in [0.717, 1.165) is 31.0 Å². The maximum Gasteiger partial charge on any atom is 0.261 e. The first-order valence-electron chi connectivity index (χ1n) is 6.48. The highest BCUT2D eigenvalue weighted by molar-refractivity contribution is 8.13. The van der Waals surface area contributed by atoms with Crippen molar-refractivity contribution in [2.24, 2.45) is 5.92 Å². The molecule has 1 aromatic rings. The van der Waals surface area contributed by atoms with E-state index in [2.05, 4.69) is 5.32 Å². The number of hydrogen-bond donors (Lipinski definition) is 1. The van der Waals surface area contributed by atoms with Gasteiger partial charge < -0.3 is 10.1 Å². The van der Waals surface area contributed by atoms with Crippen molar-refractivity contribution < 1.29 is 22.3 Å². The van der Waals surface area contributed by atoms with Crippen LogP contribution in [0.15, 0.2) is 23.1 Å². The molecule has 0 aromatic heterocycles. The van der Waals surface area contributed by atoms with Gasteiger partial charge in [-0.05, 0) is 37.0 Å². The number of nitrogens with one attached hydrogen (secondary N) is 1. The van der Waals surface area contributed by atoms with Crippen molar-refractivity contribution in [2.45, 2.75) is 17.7 Å². The minimum Gasteiger partial charge on any atom is -0.381 e. The Hall–Kier alpha value is -1.18. The molecule has 1 aromatic carbocycles. The molecule has 2 rings (SSSR count). The standard InChI is InChI=1S/C13H15ClFNO4S/c14-21(18,19)10-1-2-12(15)11(7-10)13(17)16-8-9-3-5-20-6-4-9/h1-2,7,9H,3-6,8H2,(H,16,17). The third kappa shape index (κ3) is 4.39. The Labute approximate surface area is 126 Å². The molecule has 0 saturated carbocycles. The third-order valence-electron chi connectivity index (χ3n) is 3.36. The largest absolute Gasteiger partial charge is 0.381 e. The highest BCUT2D eigenvalue weighted by Crippen LogP contribution is 2.19. The zero-order chi connectivity index (χ0) is 15.5. The quantitative estimate of drug-likeness (QED) is 0.853. The predicted molar refractivity (Wildman–Crippen MR) is 75.3 cm³/mol. The zero-order valence-electron chi connectivity index (χ0n) is 11.1. The second-order valence-corrected chi connectivity index (χ2v) is 7.41. The van der Waals surface area contributed by atoms with E-state index in [-0.39, 0.29) is 16.4 Å². The summed E-state index contributed by atoms with van der Waals surface area (Å²) in [4.78, 5) is 11.7. The van der Waals surface area contributed by atoms with E-state index in [1.54, 1.807) is 0 Å². The number of carbonyl (C=O) groups is 1. The van der Waals surface area contributed by atoms with Gasteiger partial charge in [0.05, 0.1) is 10.5 Å². The van der Waals surface area contributed by atoms with E-state index in [4.69, 9.17) is 15.4 Å². The first-order valence-corrected chi connectivity index (χ1v) is 8.79. The van der Waals surface area contributed by atoms with Gasteiger partial charge in [-0.3, -0.25) is 4.79 Å². The van der Waals surface area contributed by atoms with E-state index < -0.39 is 20.8 Å². The predicted octanol–water partition coefficient (Wildman–Crippen LogP) is 1.91. The van der Waals surface area contributed by atoms with Gasteiger partial charge in [0.1, 0.15) is 5.82 Å². The van der Waals surface area contributed by atoms with Crippen molar-refractivity contribution >= 4 is 25.6 Å². The van der Waals surface area contributed by atoms with Gasteiger partial charge in [0.15, 0.2) is 0 Å². The molecule has 0 spiro atoms. The van der Waals surface area contributed by atoms with E-state index >= 15 is 0 Å². The Kier molecular flexibility index (Phi) is 5.18. The van der Waals surface area contributed by atoms with Gasteiger partial charge in [-0.2, -0.15) is 0 Å². The van der Waals surface area contributed by atoms with Crippen molar-refractivity contribution in [1.82, 2.24) is 5.32 Å². The molecule has 5 nitrogen and oxygen atoms in total. The lowest BCUT2D eigenvalue weighted by molar-refractivity contribution is 0.0642. The van der Waals surface area contributed by atoms with Gasteiger partial charge in [0, 0.05) is 30.4 Å². The van der Waals surface area contributed by atoms with Gasteiger partial charge in [-0.15, -0.1) is 0 Å². The van der Waals surface area contributed by atoms with Crippen LogP contribution in [0.3, 0.4) is 0 Å². The van der Waals surface area contributed by atoms with E-state index in [1.807, 2.05) is 0 Å². The summed E-state index contributed by atoms with van der Waals surface area (Å²) in [6.45, 7) is 1.70. The van der Waals surface area contributed by atoms with Crippen molar-refractivity contribution in [2.75, 3.05) is 19.8 Å². The maximum absolute atomic E-state index is 13.7. The minimum atomic E-state index is -4.00. The summed E-state index contributed by atoms with van der Waals surface area (Å²) >= 11 is 0. The SMILES string of the molecule is O=C(NCC1CCOCC1)c1cc(S(=O)(=O)Cl)ccc1F. The Bertz CT molecular complexity index is 629. The van der Waals surface area contributed by atoms with Crippen LogP contribution in [0.2, 0.25) is 0 Å². The van der Waals surface area contributed by atoms with Crippen LogP contribution in [0.4, 0.5) is 4.39 Å². The van der Waals surface area contributed by atoms with E-state index in [9.17, 15) is 17.6 Å². The van der Waals surface area contributed by atoms with Crippen LogP contribution >= 0.6 is 10.7 Å². The number of halogens is 2. The summed E-state index contributed by atoms with van der Waals surface area (Å²) < 4.78 is 41.3. The molecule has 21 heavy (non-hydrogen) atoms. The summed E-state index contributed by atoms with van der Waals surface area (Å²) in [5.41, 5.74) is -0.330. The topological polar surface area (TPSA) is 72.5 Å². The van der Waals surface area contributed by atoms with Crippen LogP contribution in [-0.2, 0) is 13.8 Å². The third-order valence-corrected chi connectivity index (χ3v) is 4.71. The molecule has 1 saturated heterocycles. The fourth-order valence-electron chi connectivity index (χ4n) is 2.11. The van der Waals surface area contributed by atoms with E-state index in [1.165, 1.54) is 0 Å². The lowest BCUT2D eigenvalue weighted by atomic mass is 10.0. The van der Waals surface area contributed by atoms with Crippen molar-refractivity contribution in [3.63, 3.8) is 0 Å². The molecule has 1 N–H and O–H groups in total. The molecule has 1 amide bonds. The summed E-state index contributed by atoms with van der Waals surface area (Å²) in [5.74, 6) is -1.16. The smallest absolute Gasteiger partial charge is 0.261 e. The van der Waals surface area contributed by atoms with Gasteiger partial charge in [-0.25, -0.2) is 12.8 Å². The lowest BCUT2D eigenvalue weighted by Gasteiger charge is -2.22. The fourth-order valence-corrected chi connectivity index (χ4v) is 2.89. The van der Waals surface area contributed by atoms with Crippen molar-refractivity contribution in [3.05, 3.63) is 29.6 Å². The average Bonchev–Trinajstić information content (AvgIpc) is 2.45. The van der Waals surface area contributed by atoms with E-state index in [0.29, 0.717) is 19.8 Å². The average molecular weight is 336 g/mol. The molecule has 0 aliphatic carbocycles. The lowest BCUT2D eigenvalue weighted by Crippen LogP contribution is -2.32. The minimum absolute atomic E-state index is 0.283. The van der Waals surface area contributed by atoms with Crippen LogP contribution < -0.4 is 5.32 Å². The number of ether oxygens (including phenoxy) is 1. The molecular weight excluding hydrogens is 321 g/mol. The summed E-state index contributed by atoms with van der Waals surface area (Å²) in [5, 5.41) is 2.62. The molecule has 0 bridgehead atoms. The van der Waals surface area contributed by atoms with Crippen LogP contribution in [0.25, 0.3) is 0 Å². The molecule has 116 valence electrons. The first-order chi connectivity index (χ1) is 9.88. The van der Waals surface area contributed by atoms with Gasteiger partial charge in [0.2, 0.25) is 0 Å². The molecule has 0 unspecified atom stereocenters. The number of hydrogen-bond acceptors (Lipinski definition) is 4. The van der Waals surface area contributed by atoms with Gasteiger partial charge in [0.25, 0.3) is 15.0 Å². The highest BCUT2D eigenvalue weighted by Gasteiger charge is 2.19. The van der Waals surface area contributed by atoms with Crippen LogP contribution in [0.1, 0.15) is 23.2 Å². The molecule has 0 atom stereocenters. The van der Waals surface area contributed by atoms with Crippen molar-refractivity contribution in [1.29, 1.82) is 0 Å². The highest BCUT2D eigenvalue weighted by atomic mass is 35.7. The zero-order valence-corrected chi connectivity index (χ0v) is 12.7. The fraction of sp³-hybridized carbons (Fsp3) is 0.462. The molecular formula is C13H15ClFNO4S. The molecule has 1 fully saturated rings. The summed E-state index contributed by atoms with van der Waals surface area (Å²) in [6, 6.07) is 2.88. The monoisotopic (exact) mass is 335 g/mol. The number of amides is 1. The van der Waals surface area contributed by atoms with Crippen LogP contribution in [0.5, 0.6) is 0 Å². The second kappa shape index (κ2) is 6.72. The van der Waals surface area contributed by atoms with Gasteiger partial charge in [-0.1, -0.05) is 0 Å². The number of rotatable bonds is 4. The first kappa shape index (κ1) is 16.2. The van der Waals surface area contributed by atoms with Crippen LogP contribution in [-0.4, -0.2) is 34.1 Å². The number of benzene rings is 1. The van der Waals surface area contributed by atoms with Gasteiger partial charge >= 0.3 is 0 Å². The van der Waals surface area contributed by atoms with Crippen molar-refractivity contribution in [3.8, 4) is 0 Å². The Morgan fingerprint density at radius 2 is 2.05 bits per heavy atom. The maximum atomic E-state index is 13.7. The Morgan fingerprint density at radius 1 is 1.38 bits per heavy atom. The molecule has 1 heterocycles. The normalized spacial score (nSPS) is 16.7. The Balaban J connectivity index is 2.07. The summed E-state index contributed by atoms with van der Waals surface area (Å²) in [7, 11) is 1.19. The number of carbonyl (C=O) groups excluding carboxylic acids is 1. The second-order valence-electron chi connectivity index (χ2n) is 4.85. The summed E-state index contributed by atoms with van der Waals surface area (Å²) in [6.07, 6.45) is 1.66. The Morgan fingerprint density at radius 3 is 2.67 bits per heavy atom. The molecule has 0 radical (unpaired) electrons. The molecule has 1 aliphatic rings.